The molecular formula is C48H32N2S. The second-order valence-corrected chi connectivity index (χ2v) is 14.9. The molecule has 3 aliphatic rings. The van der Waals surface area contributed by atoms with Crippen LogP contribution in [0.4, 0.5) is 0 Å². The van der Waals surface area contributed by atoms with E-state index in [-0.39, 0.29) is 5.41 Å². The first kappa shape index (κ1) is 28.9. The molecule has 0 fully saturated rings. The van der Waals surface area contributed by atoms with Crippen LogP contribution >= 0.6 is 11.8 Å². The lowest BCUT2D eigenvalue weighted by Crippen LogP contribution is -2.32. The molecule has 51 heavy (non-hydrogen) atoms. The van der Waals surface area contributed by atoms with Gasteiger partial charge in [-0.2, -0.15) is 0 Å². The molecule has 240 valence electrons. The van der Waals surface area contributed by atoms with Crippen LogP contribution in [-0.2, 0) is 5.41 Å². The second kappa shape index (κ2) is 11.1. The minimum Gasteiger partial charge on any atom is -0.294 e. The van der Waals surface area contributed by atoms with Crippen LogP contribution in [0.3, 0.4) is 0 Å². The van der Waals surface area contributed by atoms with E-state index in [9.17, 15) is 0 Å². The van der Waals surface area contributed by atoms with Gasteiger partial charge in [-0.15, -0.1) is 0 Å². The van der Waals surface area contributed by atoms with Gasteiger partial charge in [0.25, 0.3) is 0 Å². The van der Waals surface area contributed by atoms with Crippen molar-refractivity contribution in [3.8, 4) is 28.2 Å². The number of rotatable bonds is 3. The molecule has 8 aromatic rings. The highest BCUT2D eigenvalue weighted by molar-refractivity contribution is 7.99. The van der Waals surface area contributed by atoms with E-state index in [1.807, 2.05) is 11.8 Å². The molecule has 0 saturated heterocycles. The van der Waals surface area contributed by atoms with E-state index in [1.54, 1.807) is 0 Å². The zero-order valence-corrected chi connectivity index (χ0v) is 28.7. The summed E-state index contributed by atoms with van der Waals surface area (Å²) in [6.07, 6.45) is 6.98. The Balaban J connectivity index is 1.24. The van der Waals surface area contributed by atoms with Gasteiger partial charge in [-0.25, -0.2) is 4.98 Å². The first-order valence-corrected chi connectivity index (χ1v) is 18.6. The number of nitrogens with zero attached hydrogens (tertiary/aromatic N) is 2. The van der Waals surface area contributed by atoms with Crippen LogP contribution < -0.4 is 0 Å². The lowest BCUT2D eigenvalue weighted by atomic mass is 9.66. The molecule has 0 N–H and O–H groups in total. The summed E-state index contributed by atoms with van der Waals surface area (Å²) in [5, 5.41) is 2.49. The summed E-state index contributed by atoms with van der Waals surface area (Å²) < 4.78 is 2.39. The molecule has 2 aromatic heterocycles. The Bertz CT molecular complexity index is 2710. The van der Waals surface area contributed by atoms with E-state index in [1.165, 1.54) is 65.0 Å². The van der Waals surface area contributed by atoms with Gasteiger partial charge in [-0.3, -0.25) is 4.57 Å². The summed E-state index contributed by atoms with van der Waals surface area (Å²) in [4.78, 5) is 8.04. The number of hydrogen-bond acceptors (Lipinski definition) is 2. The average molecular weight is 669 g/mol. The number of fused-ring (bicyclic) bond motifs is 11. The van der Waals surface area contributed by atoms with Gasteiger partial charge in [0.1, 0.15) is 5.82 Å². The van der Waals surface area contributed by atoms with Crippen LogP contribution in [0.5, 0.6) is 0 Å². The molecule has 1 unspecified atom stereocenters. The van der Waals surface area contributed by atoms with Gasteiger partial charge in [-0.05, 0) is 93.8 Å². The maximum atomic E-state index is 5.41. The van der Waals surface area contributed by atoms with E-state index in [0.29, 0.717) is 0 Å². The largest absolute Gasteiger partial charge is 0.294 e. The van der Waals surface area contributed by atoms with Gasteiger partial charge in [0, 0.05) is 26.1 Å². The van der Waals surface area contributed by atoms with Crippen molar-refractivity contribution < 1.29 is 0 Å². The summed E-state index contributed by atoms with van der Waals surface area (Å²) in [7, 11) is 0. The first-order chi connectivity index (χ1) is 25.3. The zero-order chi connectivity index (χ0) is 33.5. The van der Waals surface area contributed by atoms with E-state index >= 15 is 0 Å². The van der Waals surface area contributed by atoms with Gasteiger partial charge in [0.2, 0.25) is 0 Å². The average Bonchev–Trinajstić information content (AvgIpc) is 3.68. The molecule has 0 amide bonds. The third-order valence-corrected chi connectivity index (χ3v) is 12.3. The highest BCUT2D eigenvalue weighted by Gasteiger charge is 2.51. The van der Waals surface area contributed by atoms with Gasteiger partial charge in [0.15, 0.2) is 0 Å². The molecule has 1 aliphatic heterocycles. The zero-order valence-electron chi connectivity index (χ0n) is 27.9. The Hall–Kier alpha value is -5.90. The fraction of sp³-hybridized carbons (Fsp3) is 0.0625. The number of para-hydroxylation sites is 1. The first-order valence-electron chi connectivity index (χ1n) is 17.8. The highest BCUT2D eigenvalue weighted by Crippen LogP contribution is 2.63. The van der Waals surface area contributed by atoms with Gasteiger partial charge < -0.3 is 0 Å². The number of benzene rings is 6. The molecule has 11 rings (SSSR count). The lowest BCUT2D eigenvalue weighted by molar-refractivity contribution is 0.714. The van der Waals surface area contributed by atoms with Crippen molar-refractivity contribution in [1.29, 1.82) is 0 Å². The van der Waals surface area contributed by atoms with Crippen molar-refractivity contribution in [3.63, 3.8) is 0 Å². The summed E-state index contributed by atoms with van der Waals surface area (Å²) in [5.74, 6) is 0.920. The topological polar surface area (TPSA) is 17.8 Å². The third kappa shape index (κ3) is 4.10. The molecule has 3 heterocycles. The summed E-state index contributed by atoms with van der Waals surface area (Å²) in [6, 6.07) is 57.8. The van der Waals surface area contributed by atoms with E-state index in [0.717, 1.165) is 41.0 Å². The smallest absolute Gasteiger partial charge is 0.138 e. The highest BCUT2D eigenvalue weighted by atomic mass is 32.2. The van der Waals surface area contributed by atoms with Gasteiger partial charge in [-0.1, -0.05) is 145 Å². The van der Waals surface area contributed by atoms with Crippen LogP contribution in [0.25, 0.3) is 55.6 Å². The maximum Gasteiger partial charge on any atom is 0.138 e. The molecule has 1 atom stereocenters. The van der Waals surface area contributed by atoms with E-state index in [4.69, 9.17) is 4.98 Å². The van der Waals surface area contributed by atoms with Crippen LogP contribution in [0.1, 0.15) is 35.1 Å². The monoisotopic (exact) mass is 668 g/mol. The Morgan fingerprint density at radius 2 is 1.27 bits per heavy atom. The Kier molecular flexibility index (Phi) is 6.26. The molecule has 0 radical (unpaired) electrons. The van der Waals surface area contributed by atoms with Crippen molar-refractivity contribution in [3.05, 3.63) is 198 Å². The second-order valence-electron chi connectivity index (χ2n) is 13.8. The van der Waals surface area contributed by atoms with Crippen molar-refractivity contribution in [2.75, 3.05) is 0 Å². The molecule has 0 saturated carbocycles. The number of allylic oxidation sites excluding steroid dienone is 4. The summed E-state index contributed by atoms with van der Waals surface area (Å²) in [6.45, 7) is 0. The SMILES string of the molecule is C1=CC2=C(CC1)c1ccccc1C21c2ccccc2Sc2cc3c(cc21)c1ccccc1n3-c1cc(-c2ccccc2)cc(-c2ccccc2)n1. The Morgan fingerprint density at radius 1 is 0.549 bits per heavy atom. The van der Waals surface area contributed by atoms with Crippen molar-refractivity contribution in [2.24, 2.45) is 0 Å². The Morgan fingerprint density at radius 3 is 2.14 bits per heavy atom. The van der Waals surface area contributed by atoms with E-state index < -0.39 is 0 Å². The lowest BCUT2D eigenvalue weighted by Gasteiger charge is -2.41. The molecule has 0 bridgehead atoms. The van der Waals surface area contributed by atoms with Crippen molar-refractivity contribution in [2.45, 2.75) is 28.0 Å². The Labute approximate surface area is 301 Å². The minimum atomic E-state index is -0.372. The van der Waals surface area contributed by atoms with Crippen LogP contribution in [0, 0.1) is 0 Å². The molecule has 3 heteroatoms. The predicted molar refractivity (Wildman–Crippen MR) is 212 cm³/mol. The summed E-state index contributed by atoms with van der Waals surface area (Å²) >= 11 is 1.91. The number of hydrogen-bond donors (Lipinski definition) is 0. The quantitative estimate of drug-likeness (QED) is 0.186. The van der Waals surface area contributed by atoms with Crippen LogP contribution in [0.2, 0.25) is 0 Å². The van der Waals surface area contributed by atoms with Gasteiger partial charge >= 0.3 is 0 Å². The molecule has 2 nitrogen and oxygen atoms in total. The normalized spacial score (nSPS) is 17.1. The molecule has 2 aliphatic carbocycles. The fourth-order valence-electron chi connectivity index (χ4n) is 9.03. The van der Waals surface area contributed by atoms with Crippen LogP contribution in [0.15, 0.2) is 185 Å². The van der Waals surface area contributed by atoms with Crippen LogP contribution in [-0.4, -0.2) is 9.55 Å². The number of pyridine rings is 1. The van der Waals surface area contributed by atoms with Crippen molar-refractivity contribution in [1.82, 2.24) is 9.55 Å². The standard InChI is InChI=1S/C48H32N2S/c1-3-15-31(16-4-1)33-27-42(32-17-5-2-6-18-32)49-47(28-33)50-43-25-13-9-21-36(43)37-29-41-46(30-44(37)50)51-45-26-14-12-24-40(45)48(41)38-22-10-7-19-34(38)35-20-8-11-23-39(35)48/h1-7,9-19,21-30H,8,20H2. The van der Waals surface area contributed by atoms with Crippen molar-refractivity contribution >= 4 is 39.1 Å². The predicted octanol–water partition coefficient (Wildman–Crippen LogP) is 12.4. The maximum absolute atomic E-state index is 5.41. The third-order valence-electron chi connectivity index (χ3n) is 11.1. The number of aromatic nitrogens is 2. The molecule has 1 spiro atoms. The minimum absolute atomic E-state index is 0.372. The molecule has 6 aromatic carbocycles. The molecular weight excluding hydrogens is 637 g/mol. The van der Waals surface area contributed by atoms with E-state index in [2.05, 4.69) is 174 Å². The summed E-state index contributed by atoms with van der Waals surface area (Å²) in [5.41, 5.74) is 14.9. The van der Waals surface area contributed by atoms with Gasteiger partial charge in [0.05, 0.1) is 22.1 Å². The fourth-order valence-corrected chi connectivity index (χ4v) is 10.2.